The van der Waals surface area contributed by atoms with Crippen molar-refractivity contribution in [2.75, 3.05) is 20.2 Å². The van der Waals surface area contributed by atoms with E-state index in [4.69, 9.17) is 9.84 Å². The maximum Gasteiger partial charge on any atom is 0.407 e. The van der Waals surface area contributed by atoms with Gasteiger partial charge < -0.3 is 20.1 Å². The van der Waals surface area contributed by atoms with Crippen LogP contribution in [0.3, 0.4) is 0 Å². The van der Waals surface area contributed by atoms with Gasteiger partial charge in [0.25, 0.3) is 0 Å². The SMILES string of the molecule is CO[C@H]1CN(C(=O)O)CC[C@H]1NC(C)c1ccccc1. The van der Waals surface area contributed by atoms with Crippen molar-refractivity contribution in [2.24, 2.45) is 0 Å². The van der Waals surface area contributed by atoms with Gasteiger partial charge in [0.2, 0.25) is 0 Å². The summed E-state index contributed by atoms with van der Waals surface area (Å²) in [4.78, 5) is 12.4. The Morgan fingerprint density at radius 1 is 1.45 bits per heavy atom. The summed E-state index contributed by atoms with van der Waals surface area (Å²) < 4.78 is 5.45. The maximum atomic E-state index is 11.0. The summed E-state index contributed by atoms with van der Waals surface area (Å²) in [6.45, 7) is 3.09. The second kappa shape index (κ2) is 6.72. The fraction of sp³-hybridized carbons (Fsp3) is 0.533. The molecule has 1 saturated heterocycles. The maximum absolute atomic E-state index is 11.0. The third kappa shape index (κ3) is 3.49. The fourth-order valence-corrected chi connectivity index (χ4v) is 2.68. The molecule has 110 valence electrons. The summed E-state index contributed by atoms with van der Waals surface area (Å²) in [5.41, 5.74) is 1.23. The normalized spacial score (nSPS) is 24.4. The van der Waals surface area contributed by atoms with Gasteiger partial charge in [-0.25, -0.2) is 4.79 Å². The van der Waals surface area contributed by atoms with Gasteiger partial charge in [0, 0.05) is 25.7 Å². The molecule has 1 aromatic rings. The van der Waals surface area contributed by atoms with Crippen LogP contribution in [0.4, 0.5) is 4.79 Å². The van der Waals surface area contributed by atoms with E-state index in [9.17, 15) is 4.79 Å². The zero-order valence-corrected chi connectivity index (χ0v) is 12.0. The number of benzene rings is 1. The highest BCUT2D eigenvalue weighted by Gasteiger charge is 2.32. The summed E-state index contributed by atoms with van der Waals surface area (Å²) in [6, 6.07) is 10.6. The second-order valence-electron chi connectivity index (χ2n) is 5.20. The Kier molecular flexibility index (Phi) is 4.98. The van der Waals surface area contributed by atoms with Crippen LogP contribution in [0.2, 0.25) is 0 Å². The Morgan fingerprint density at radius 3 is 2.75 bits per heavy atom. The van der Waals surface area contributed by atoms with Crippen molar-refractivity contribution in [1.29, 1.82) is 0 Å². The Balaban J connectivity index is 1.97. The summed E-state index contributed by atoms with van der Waals surface area (Å²) in [5.74, 6) is 0. The smallest absolute Gasteiger partial charge is 0.407 e. The van der Waals surface area contributed by atoms with Crippen molar-refractivity contribution in [3.05, 3.63) is 35.9 Å². The summed E-state index contributed by atoms with van der Waals surface area (Å²) >= 11 is 0. The first-order valence-corrected chi connectivity index (χ1v) is 6.93. The van der Waals surface area contributed by atoms with E-state index in [1.54, 1.807) is 7.11 Å². The molecule has 1 fully saturated rings. The van der Waals surface area contributed by atoms with Gasteiger partial charge >= 0.3 is 6.09 Å². The first-order valence-electron chi connectivity index (χ1n) is 6.93. The molecular weight excluding hydrogens is 256 g/mol. The number of carboxylic acid groups (broad SMARTS) is 1. The predicted octanol–water partition coefficient (Wildman–Crippen LogP) is 2.10. The number of hydrogen-bond donors (Lipinski definition) is 2. The lowest BCUT2D eigenvalue weighted by molar-refractivity contribution is 0.00701. The van der Waals surface area contributed by atoms with Gasteiger partial charge in [0.15, 0.2) is 0 Å². The van der Waals surface area contributed by atoms with Gasteiger partial charge in [-0.1, -0.05) is 30.3 Å². The highest BCUT2D eigenvalue weighted by molar-refractivity contribution is 5.65. The van der Waals surface area contributed by atoms with E-state index in [-0.39, 0.29) is 18.2 Å². The van der Waals surface area contributed by atoms with Crippen LogP contribution in [0.25, 0.3) is 0 Å². The molecule has 1 aliphatic rings. The molecular formula is C15H22N2O3. The van der Waals surface area contributed by atoms with Crippen LogP contribution in [0.5, 0.6) is 0 Å². The first kappa shape index (κ1) is 14.8. The van der Waals surface area contributed by atoms with Crippen LogP contribution in [0.15, 0.2) is 30.3 Å². The molecule has 1 heterocycles. The van der Waals surface area contributed by atoms with Gasteiger partial charge in [0.1, 0.15) is 0 Å². The number of hydrogen-bond acceptors (Lipinski definition) is 3. The van der Waals surface area contributed by atoms with Gasteiger partial charge in [0.05, 0.1) is 12.6 Å². The van der Waals surface area contributed by atoms with Gasteiger partial charge in [-0.3, -0.25) is 0 Å². The number of piperidine rings is 1. The molecule has 1 amide bonds. The average molecular weight is 278 g/mol. The third-order valence-corrected chi connectivity index (χ3v) is 3.90. The lowest BCUT2D eigenvalue weighted by atomic mass is 9.99. The molecule has 1 unspecified atom stereocenters. The average Bonchev–Trinajstić information content (AvgIpc) is 2.48. The van der Waals surface area contributed by atoms with Crippen molar-refractivity contribution >= 4 is 6.09 Å². The van der Waals surface area contributed by atoms with E-state index in [1.807, 2.05) is 18.2 Å². The van der Waals surface area contributed by atoms with Crippen LogP contribution in [0, 0.1) is 0 Å². The molecule has 1 aliphatic heterocycles. The summed E-state index contributed by atoms with van der Waals surface area (Å²) in [7, 11) is 1.64. The highest BCUT2D eigenvalue weighted by Crippen LogP contribution is 2.19. The lowest BCUT2D eigenvalue weighted by Crippen LogP contribution is -2.54. The predicted molar refractivity (Wildman–Crippen MR) is 76.8 cm³/mol. The molecule has 20 heavy (non-hydrogen) atoms. The monoisotopic (exact) mass is 278 g/mol. The molecule has 2 N–H and O–H groups in total. The number of rotatable bonds is 4. The Hall–Kier alpha value is -1.59. The van der Waals surface area contributed by atoms with Crippen LogP contribution < -0.4 is 5.32 Å². The Labute approximate surface area is 119 Å². The van der Waals surface area contributed by atoms with Crippen LogP contribution >= 0.6 is 0 Å². The van der Waals surface area contributed by atoms with Crippen molar-refractivity contribution in [1.82, 2.24) is 10.2 Å². The zero-order chi connectivity index (χ0) is 14.5. The zero-order valence-electron chi connectivity index (χ0n) is 12.0. The van der Waals surface area contributed by atoms with E-state index in [1.165, 1.54) is 10.5 Å². The van der Waals surface area contributed by atoms with Crippen LogP contribution in [-0.2, 0) is 4.74 Å². The molecule has 5 heteroatoms. The number of nitrogens with zero attached hydrogens (tertiary/aromatic N) is 1. The van der Waals surface area contributed by atoms with Gasteiger partial charge in [-0.15, -0.1) is 0 Å². The van der Waals surface area contributed by atoms with Crippen molar-refractivity contribution in [2.45, 2.75) is 31.5 Å². The molecule has 5 nitrogen and oxygen atoms in total. The lowest BCUT2D eigenvalue weighted by Gasteiger charge is -2.38. The molecule has 0 bridgehead atoms. The van der Waals surface area contributed by atoms with E-state index in [0.29, 0.717) is 13.1 Å². The summed E-state index contributed by atoms with van der Waals surface area (Å²) in [5, 5.41) is 12.6. The molecule has 1 aromatic carbocycles. The van der Waals surface area contributed by atoms with Crippen molar-refractivity contribution in [3.63, 3.8) is 0 Å². The molecule has 2 rings (SSSR count). The third-order valence-electron chi connectivity index (χ3n) is 3.90. The van der Waals surface area contributed by atoms with Crippen molar-refractivity contribution < 1.29 is 14.6 Å². The molecule has 0 saturated carbocycles. The van der Waals surface area contributed by atoms with E-state index in [0.717, 1.165) is 6.42 Å². The van der Waals surface area contributed by atoms with Crippen LogP contribution in [0.1, 0.15) is 24.9 Å². The minimum absolute atomic E-state index is 0.106. The highest BCUT2D eigenvalue weighted by atomic mass is 16.5. The summed E-state index contributed by atoms with van der Waals surface area (Å²) in [6.07, 6.45) is -0.213. The number of carbonyl (C=O) groups is 1. The van der Waals surface area contributed by atoms with E-state index in [2.05, 4.69) is 24.4 Å². The fourth-order valence-electron chi connectivity index (χ4n) is 2.68. The van der Waals surface area contributed by atoms with Gasteiger partial charge in [-0.2, -0.15) is 0 Å². The van der Waals surface area contributed by atoms with Gasteiger partial charge in [-0.05, 0) is 18.9 Å². The largest absolute Gasteiger partial charge is 0.465 e. The molecule has 0 aromatic heterocycles. The minimum Gasteiger partial charge on any atom is -0.465 e. The molecule has 0 spiro atoms. The minimum atomic E-state index is -0.874. The molecule has 0 aliphatic carbocycles. The van der Waals surface area contributed by atoms with E-state index < -0.39 is 6.09 Å². The number of ether oxygens (including phenoxy) is 1. The number of nitrogens with one attached hydrogen (secondary N) is 1. The molecule has 3 atom stereocenters. The van der Waals surface area contributed by atoms with Crippen LogP contribution in [-0.4, -0.2) is 48.4 Å². The topological polar surface area (TPSA) is 61.8 Å². The van der Waals surface area contributed by atoms with Crippen molar-refractivity contribution in [3.8, 4) is 0 Å². The van der Waals surface area contributed by atoms with E-state index >= 15 is 0 Å². The standard InChI is InChI=1S/C15H22N2O3/c1-11(12-6-4-3-5-7-12)16-13-8-9-17(15(18)19)10-14(13)20-2/h3-7,11,13-14,16H,8-10H2,1-2H3,(H,18,19)/t11?,13-,14+/m1/s1. The Morgan fingerprint density at radius 2 is 2.15 bits per heavy atom. The number of likely N-dealkylation sites (tertiary alicyclic amines) is 1. The second-order valence-corrected chi connectivity index (χ2v) is 5.20. The first-order chi connectivity index (χ1) is 9.61. The molecule has 0 radical (unpaired) electrons. The number of methoxy groups -OCH3 is 1. The number of amides is 1. The Bertz CT molecular complexity index is 438. The quantitative estimate of drug-likeness (QED) is 0.885.